The average molecular weight is 565 g/mol. The van der Waals surface area contributed by atoms with Crippen molar-refractivity contribution in [2.75, 3.05) is 23.8 Å². The van der Waals surface area contributed by atoms with E-state index in [0.29, 0.717) is 55.0 Å². The first kappa shape index (κ1) is 26.3. The zero-order valence-corrected chi connectivity index (χ0v) is 22.4. The first-order chi connectivity index (χ1) is 18.9. The Hall–Kier alpha value is -4.34. The maximum atomic E-state index is 12.6. The number of nitrogens with one attached hydrogen (secondary N) is 2. The number of halogens is 2. The Balaban J connectivity index is 1.76. The number of fused-ring (bicyclic) bond motifs is 3. The third-order valence-electron chi connectivity index (χ3n) is 5.62. The Kier molecular flexibility index (Phi) is 7.53. The highest BCUT2D eigenvalue weighted by atomic mass is 35.5. The second-order valence-corrected chi connectivity index (χ2v) is 9.14. The molecule has 39 heavy (non-hydrogen) atoms. The topological polar surface area (TPSA) is 116 Å². The molecule has 3 heterocycles. The summed E-state index contributed by atoms with van der Waals surface area (Å²) < 4.78 is 16.5. The molecule has 2 aromatic carbocycles. The van der Waals surface area contributed by atoms with Crippen LogP contribution in [-0.2, 0) is 9.47 Å². The maximum absolute atomic E-state index is 12.6. The normalized spacial score (nSPS) is 11.0. The summed E-state index contributed by atoms with van der Waals surface area (Å²) >= 11 is 12.1. The molecule has 11 heteroatoms. The van der Waals surface area contributed by atoms with Crippen molar-refractivity contribution < 1.29 is 23.5 Å². The number of carbonyl (C=O) groups is 2. The molecule has 0 atom stereocenters. The highest BCUT2D eigenvalue weighted by Crippen LogP contribution is 2.40. The summed E-state index contributed by atoms with van der Waals surface area (Å²) in [6, 6.07) is 17.0. The first-order valence-corrected chi connectivity index (χ1v) is 12.8. The van der Waals surface area contributed by atoms with Crippen molar-refractivity contribution in [2.24, 2.45) is 0 Å². The van der Waals surface area contributed by atoms with E-state index >= 15 is 0 Å². The summed E-state index contributed by atoms with van der Waals surface area (Å²) in [5.74, 6) is -0.573. The van der Waals surface area contributed by atoms with Gasteiger partial charge in [0.1, 0.15) is 22.8 Å². The average Bonchev–Trinajstić information content (AvgIpc) is 3.30. The highest BCUT2D eigenvalue weighted by Gasteiger charge is 2.24. The predicted molar refractivity (Wildman–Crippen MR) is 151 cm³/mol. The summed E-state index contributed by atoms with van der Waals surface area (Å²) in [4.78, 5) is 34.4. The van der Waals surface area contributed by atoms with Crippen LogP contribution >= 0.6 is 23.2 Å². The Morgan fingerprint density at radius 2 is 1.10 bits per heavy atom. The van der Waals surface area contributed by atoms with E-state index in [1.165, 1.54) is 12.1 Å². The molecule has 0 bridgehead atoms. The van der Waals surface area contributed by atoms with E-state index < -0.39 is 11.9 Å². The van der Waals surface area contributed by atoms with Crippen molar-refractivity contribution in [3.8, 4) is 0 Å². The smallest absolute Gasteiger partial charge is 0.357 e. The molecule has 0 fully saturated rings. The van der Waals surface area contributed by atoms with Gasteiger partial charge in [0.15, 0.2) is 11.4 Å². The van der Waals surface area contributed by atoms with Gasteiger partial charge < -0.3 is 24.5 Å². The van der Waals surface area contributed by atoms with Crippen LogP contribution in [0.25, 0.3) is 21.9 Å². The molecule has 0 aliphatic rings. The van der Waals surface area contributed by atoms with Gasteiger partial charge in [-0.1, -0.05) is 23.2 Å². The van der Waals surface area contributed by atoms with E-state index in [2.05, 4.69) is 20.6 Å². The lowest BCUT2D eigenvalue weighted by Gasteiger charge is -2.12. The lowest BCUT2D eigenvalue weighted by molar-refractivity contribution is 0.0510. The quantitative estimate of drug-likeness (QED) is 0.184. The van der Waals surface area contributed by atoms with E-state index in [1.54, 1.807) is 62.4 Å². The van der Waals surface area contributed by atoms with Crippen LogP contribution in [0.15, 0.2) is 65.1 Å². The number of hydrogen-bond acceptors (Lipinski definition) is 9. The fraction of sp³-hybridized carbons (Fsp3) is 0.143. The number of hydrogen-bond donors (Lipinski definition) is 2. The van der Waals surface area contributed by atoms with Crippen molar-refractivity contribution in [3.05, 3.63) is 82.1 Å². The number of nitrogens with zero attached hydrogens (tertiary/aromatic N) is 2. The molecule has 0 spiro atoms. The monoisotopic (exact) mass is 564 g/mol. The number of anilines is 4. The molecule has 0 saturated heterocycles. The summed E-state index contributed by atoms with van der Waals surface area (Å²) in [5.41, 5.74) is 2.11. The Bertz CT molecular complexity index is 1560. The van der Waals surface area contributed by atoms with Crippen LogP contribution in [-0.4, -0.2) is 35.1 Å². The number of furan rings is 1. The van der Waals surface area contributed by atoms with Gasteiger partial charge in [-0.2, -0.15) is 0 Å². The van der Waals surface area contributed by atoms with Crippen molar-refractivity contribution in [1.29, 1.82) is 0 Å². The van der Waals surface area contributed by atoms with Gasteiger partial charge in [-0.25, -0.2) is 19.6 Å². The fourth-order valence-corrected chi connectivity index (χ4v) is 4.20. The summed E-state index contributed by atoms with van der Waals surface area (Å²) in [5, 5.41) is 8.69. The van der Waals surface area contributed by atoms with Crippen LogP contribution < -0.4 is 10.6 Å². The lowest BCUT2D eigenvalue weighted by Crippen LogP contribution is -2.09. The first-order valence-electron chi connectivity index (χ1n) is 12.0. The van der Waals surface area contributed by atoms with Gasteiger partial charge in [-0.15, -0.1) is 0 Å². The van der Waals surface area contributed by atoms with E-state index in [-0.39, 0.29) is 24.6 Å². The van der Waals surface area contributed by atoms with Crippen LogP contribution in [0.1, 0.15) is 34.8 Å². The molecule has 5 rings (SSSR count). The van der Waals surface area contributed by atoms with Crippen molar-refractivity contribution in [1.82, 2.24) is 9.97 Å². The minimum absolute atomic E-state index is 0.0469. The number of rotatable bonds is 8. The van der Waals surface area contributed by atoms with Gasteiger partial charge in [0.25, 0.3) is 0 Å². The van der Waals surface area contributed by atoms with Gasteiger partial charge in [-0.3, -0.25) is 0 Å². The second kappa shape index (κ2) is 11.2. The SMILES string of the molecule is CCOC(=O)c1cc2oc3cc(C(=O)OCC)nc(Nc4ccc(Cl)cc4)c3c2c(Nc2ccc(Cl)cc2)n1. The minimum atomic E-state index is -0.608. The fourth-order valence-electron chi connectivity index (χ4n) is 3.95. The van der Waals surface area contributed by atoms with Gasteiger partial charge >= 0.3 is 11.9 Å². The Labute approximate surface area is 233 Å². The molecule has 0 amide bonds. The molecule has 3 aromatic heterocycles. The van der Waals surface area contributed by atoms with Gasteiger partial charge in [-0.05, 0) is 62.4 Å². The van der Waals surface area contributed by atoms with Crippen molar-refractivity contribution in [3.63, 3.8) is 0 Å². The van der Waals surface area contributed by atoms with Gasteiger partial charge in [0.05, 0.1) is 24.0 Å². The van der Waals surface area contributed by atoms with E-state index in [4.69, 9.17) is 37.1 Å². The molecule has 198 valence electrons. The van der Waals surface area contributed by atoms with E-state index in [1.807, 2.05) is 0 Å². The van der Waals surface area contributed by atoms with E-state index in [9.17, 15) is 9.59 Å². The molecule has 0 saturated carbocycles. The van der Waals surface area contributed by atoms with Gasteiger partial charge in [0.2, 0.25) is 0 Å². The van der Waals surface area contributed by atoms with Crippen molar-refractivity contribution >= 4 is 80.1 Å². The summed E-state index contributed by atoms with van der Waals surface area (Å²) in [6.45, 7) is 3.78. The zero-order chi connectivity index (χ0) is 27.5. The standard InChI is InChI=1S/C28H22Cl2N4O5/c1-3-37-27(35)19-13-21-23(25(33-19)31-17-9-5-15(29)6-10-17)24-22(39-21)14-20(28(36)38-4-2)34-26(24)32-18-11-7-16(30)8-12-18/h5-14H,3-4H2,1-2H3,(H,31,33)(H,32,34). The van der Waals surface area contributed by atoms with Crippen LogP contribution in [0, 0.1) is 0 Å². The lowest BCUT2D eigenvalue weighted by atomic mass is 10.1. The molecule has 0 unspecified atom stereocenters. The molecule has 0 radical (unpaired) electrons. The molecular weight excluding hydrogens is 543 g/mol. The number of aromatic nitrogens is 2. The highest BCUT2D eigenvalue weighted by molar-refractivity contribution is 6.31. The second-order valence-electron chi connectivity index (χ2n) is 8.27. The predicted octanol–water partition coefficient (Wildman–Crippen LogP) is 7.52. The van der Waals surface area contributed by atoms with Crippen LogP contribution in [0.3, 0.4) is 0 Å². The number of carbonyl (C=O) groups excluding carboxylic acids is 2. The third kappa shape index (κ3) is 5.59. The number of ether oxygens (including phenoxy) is 2. The largest absolute Gasteiger partial charge is 0.461 e. The summed E-state index contributed by atoms with van der Waals surface area (Å²) in [7, 11) is 0. The molecule has 0 aliphatic heterocycles. The molecule has 5 aromatic rings. The van der Waals surface area contributed by atoms with E-state index in [0.717, 1.165) is 0 Å². The van der Waals surface area contributed by atoms with Crippen LogP contribution in [0.2, 0.25) is 10.0 Å². The van der Waals surface area contributed by atoms with Crippen molar-refractivity contribution in [2.45, 2.75) is 13.8 Å². The summed E-state index contributed by atoms with van der Waals surface area (Å²) in [6.07, 6.45) is 0. The molecular formula is C28H22Cl2N4O5. The minimum Gasteiger partial charge on any atom is -0.461 e. The maximum Gasteiger partial charge on any atom is 0.357 e. The molecule has 0 aliphatic carbocycles. The Morgan fingerprint density at radius 1 is 0.718 bits per heavy atom. The van der Waals surface area contributed by atoms with Gasteiger partial charge in [0, 0.05) is 33.6 Å². The third-order valence-corrected chi connectivity index (χ3v) is 6.12. The number of esters is 2. The molecule has 9 nitrogen and oxygen atoms in total. The van der Waals surface area contributed by atoms with Crippen LogP contribution in [0.5, 0.6) is 0 Å². The number of pyridine rings is 2. The number of benzene rings is 2. The Morgan fingerprint density at radius 3 is 1.46 bits per heavy atom. The van der Waals surface area contributed by atoms with Crippen LogP contribution in [0.4, 0.5) is 23.0 Å². The molecule has 2 N–H and O–H groups in total. The zero-order valence-electron chi connectivity index (χ0n) is 20.9.